The van der Waals surface area contributed by atoms with Crippen LogP contribution in [0.15, 0.2) is 0 Å². The number of carbonyl (C=O) groups is 3. The van der Waals surface area contributed by atoms with Crippen LogP contribution in [-0.2, 0) is 9.59 Å². The summed E-state index contributed by atoms with van der Waals surface area (Å²) < 4.78 is 0.652. The first kappa shape index (κ1) is 8.40. The SMILES string of the molecule is O=C1CC(=O)N(I)C(=O)N1O. The van der Waals surface area contributed by atoms with E-state index in [9.17, 15) is 14.4 Å². The molecule has 6 nitrogen and oxygen atoms in total. The molecule has 1 aliphatic rings. The van der Waals surface area contributed by atoms with Gasteiger partial charge in [-0.3, -0.25) is 14.8 Å². The topological polar surface area (TPSA) is 77.9 Å². The molecule has 1 heterocycles. The van der Waals surface area contributed by atoms with Crippen molar-refractivity contribution in [3.8, 4) is 0 Å². The van der Waals surface area contributed by atoms with Crippen LogP contribution in [0.1, 0.15) is 6.42 Å². The van der Waals surface area contributed by atoms with Crippen molar-refractivity contribution in [3.63, 3.8) is 0 Å². The van der Waals surface area contributed by atoms with E-state index in [-0.39, 0.29) is 5.06 Å². The quantitative estimate of drug-likeness (QED) is 0.289. The van der Waals surface area contributed by atoms with E-state index >= 15 is 0 Å². The van der Waals surface area contributed by atoms with Gasteiger partial charge in [-0.2, -0.15) is 3.11 Å². The molecule has 1 saturated heterocycles. The molecule has 7 heteroatoms. The monoisotopic (exact) mass is 270 g/mol. The van der Waals surface area contributed by atoms with E-state index in [1.165, 1.54) is 22.9 Å². The Bertz CT molecular complexity index is 218. The van der Waals surface area contributed by atoms with Crippen LogP contribution in [0, 0.1) is 0 Å². The lowest BCUT2D eigenvalue weighted by Crippen LogP contribution is -2.49. The molecular weight excluding hydrogens is 267 g/mol. The highest BCUT2D eigenvalue weighted by Gasteiger charge is 2.36. The van der Waals surface area contributed by atoms with Gasteiger partial charge in [0, 0.05) is 0 Å². The number of barbiturate groups is 1. The predicted molar refractivity (Wildman–Crippen MR) is 39.5 cm³/mol. The minimum absolute atomic E-state index is 0.0756. The molecule has 1 aliphatic heterocycles. The number of carbonyl (C=O) groups excluding carboxylic acids is 3. The van der Waals surface area contributed by atoms with Crippen LogP contribution in [0.3, 0.4) is 0 Å². The first-order valence-electron chi connectivity index (χ1n) is 2.58. The molecule has 0 radical (unpaired) electrons. The summed E-state index contributed by atoms with van der Waals surface area (Å²) in [7, 11) is 0. The third kappa shape index (κ3) is 1.33. The summed E-state index contributed by atoms with van der Waals surface area (Å²) in [6, 6.07) is -1.02. The van der Waals surface area contributed by atoms with E-state index in [1.54, 1.807) is 0 Å². The van der Waals surface area contributed by atoms with E-state index in [0.29, 0.717) is 3.11 Å². The van der Waals surface area contributed by atoms with Gasteiger partial charge < -0.3 is 0 Å². The van der Waals surface area contributed by atoms with Gasteiger partial charge in [-0.05, 0) is 0 Å². The number of hydrogen-bond donors (Lipinski definition) is 1. The van der Waals surface area contributed by atoms with Crippen LogP contribution in [0.25, 0.3) is 0 Å². The van der Waals surface area contributed by atoms with Gasteiger partial charge in [0.25, 0.3) is 5.91 Å². The van der Waals surface area contributed by atoms with E-state index in [2.05, 4.69) is 0 Å². The summed E-state index contributed by atoms with van der Waals surface area (Å²) in [4.78, 5) is 32.0. The van der Waals surface area contributed by atoms with E-state index in [4.69, 9.17) is 5.21 Å². The van der Waals surface area contributed by atoms with Gasteiger partial charge in [-0.1, -0.05) is 0 Å². The fourth-order valence-electron chi connectivity index (χ4n) is 0.570. The highest BCUT2D eigenvalue weighted by Crippen LogP contribution is 2.13. The van der Waals surface area contributed by atoms with Crippen LogP contribution < -0.4 is 0 Å². The number of hydrogen-bond acceptors (Lipinski definition) is 4. The molecule has 0 atom stereocenters. The van der Waals surface area contributed by atoms with Crippen molar-refractivity contribution in [2.75, 3.05) is 0 Å². The molecule has 0 bridgehead atoms. The lowest BCUT2D eigenvalue weighted by atomic mass is 10.3. The molecule has 4 amide bonds. The molecule has 0 saturated carbocycles. The molecule has 60 valence electrons. The van der Waals surface area contributed by atoms with Gasteiger partial charge in [-0.25, -0.2) is 4.79 Å². The number of urea groups is 1. The molecular formula is C4H3IN2O4. The molecule has 0 aromatic rings. The zero-order valence-electron chi connectivity index (χ0n) is 5.15. The number of nitrogens with zero attached hydrogens (tertiary/aromatic N) is 2. The molecule has 0 aromatic heterocycles. The minimum Gasteiger partial charge on any atom is -0.277 e. The van der Waals surface area contributed by atoms with Crippen molar-refractivity contribution in [1.82, 2.24) is 8.18 Å². The first-order valence-corrected chi connectivity index (χ1v) is 3.55. The normalized spacial score (nSPS) is 19.6. The maximum Gasteiger partial charge on any atom is 0.367 e. The van der Waals surface area contributed by atoms with Crippen LogP contribution in [-0.4, -0.2) is 31.2 Å². The smallest absolute Gasteiger partial charge is 0.277 e. The number of imide groups is 2. The molecule has 0 aliphatic carbocycles. The van der Waals surface area contributed by atoms with Gasteiger partial charge in [0.05, 0.1) is 22.9 Å². The molecule has 1 N–H and O–H groups in total. The second-order valence-electron chi connectivity index (χ2n) is 1.84. The Morgan fingerprint density at radius 3 is 2.36 bits per heavy atom. The number of hydroxylamine groups is 2. The summed E-state index contributed by atoms with van der Waals surface area (Å²) in [5.74, 6) is -1.51. The van der Waals surface area contributed by atoms with E-state index in [0.717, 1.165) is 0 Å². The predicted octanol–water partition coefficient (Wildman–Crippen LogP) is -0.0935. The minimum atomic E-state index is -1.02. The molecule has 1 rings (SSSR count). The Labute approximate surface area is 75.2 Å². The van der Waals surface area contributed by atoms with Crippen molar-refractivity contribution < 1.29 is 19.6 Å². The van der Waals surface area contributed by atoms with E-state index < -0.39 is 24.3 Å². The Hall–Kier alpha value is -0.700. The maximum atomic E-state index is 10.7. The fourth-order valence-corrected chi connectivity index (χ4v) is 0.945. The second kappa shape index (κ2) is 2.74. The highest BCUT2D eigenvalue weighted by molar-refractivity contribution is 14.1. The summed E-state index contributed by atoms with van der Waals surface area (Å²) >= 11 is 1.41. The van der Waals surface area contributed by atoms with Crippen LogP contribution in [0.5, 0.6) is 0 Å². The van der Waals surface area contributed by atoms with Gasteiger partial charge in [-0.15, -0.1) is 5.06 Å². The van der Waals surface area contributed by atoms with Gasteiger partial charge in [0.1, 0.15) is 6.42 Å². The third-order valence-corrected chi connectivity index (χ3v) is 2.06. The fraction of sp³-hybridized carbons (Fsp3) is 0.250. The molecule has 0 unspecified atom stereocenters. The molecule has 0 aromatic carbocycles. The second-order valence-corrected chi connectivity index (χ2v) is 2.80. The standard InChI is InChI=1S/C4H3IN2O4/c5-6-2(8)1-3(9)7(11)4(6)10/h11H,1H2. The van der Waals surface area contributed by atoms with Crippen molar-refractivity contribution in [3.05, 3.63) is 0 Å². The number of amides is 4. The van der Waals surface area contributed by atoms with Gasteiger partial charge >= 0.3 is 6.03 Å². The average molecular weight is 270 g/mol. The summed E-state index contributed by atoms with van der Waals surface area (Å²) in [6.07, 6.45) is -0.467. The summed E-state index contributed by atoms with van der Waals surface area (Å²) in [6.45, 7) is 0. The Morgan fingerprint density at radius 1 is 1.27 bits per heavy atom. The molecule has 1 fully saturated rings. The Kier molecular flexibility index (Phi) is 2.09. The van der Waals surface area contributed by atoms with E-state index in [1.807, 2.05) is 0 Å². The molecule has 11 heavy (non-hydrogen) atoms. The van der Waals surface area contributed by atoms with Gasteiger partial charge in [0.15, 0.2) is 0 Å². The van der Waals surface area contributed by atoms with Gasteiger partial charge in [0.2, 0.25) is 5.91 Å². The lowest BCUT2D eigenvalue weighted by Gasteiger charge is -2.22. The lowest BCUT2D eigenvalue weighted by molar-refractivity contribution is -0.160. The first-order chi connectivity index (χ1) is 5.04. The Morgan fingerprint density at radius 2 is 1.82 bits per heavy atom. The van der Waals surface area contributed by atoms with Crippen molar-refractivity contribution >= 4 is 40.7 Å². The molecule has 0 spiro atoms. The average Bonchev–Trinajstić information content (AvgIpc) is 1.97. The highest BCUT2D eigenvalue weighted by atomic mass is 127. The maximum absolute atomic E-state index is 10.7. The zero-order chi connectivity index (χ0) is 8.59. The van der Waals surface area contributed by atoms with Crippen LogP contribution in [0.2, 0.25) is 0 Å². The van der Waals surface area contributed by atoms with Crippen molar-refractivity contribution in [1.29, 1.82) is 0 Å². The zero-order valence-corrected chi connectivity index (χ0v) is 7.31. The van der Waals surface area contributed by atoms with Crippen LogP contribution >= 0.6 is 22.9 Å². The van der Waals surface area contributed by atoms with Crippen molar-refractivity contribution in [2.45, 2.75) is 6.42 Å². The third-order valence-electron chi connectivity index (χ3n) is 1.11. The summed E-state index contributed by atoms with van der Waals surface area (Å²) in [5.41, 5.74) is 0. The Balaban J connectivity index is 2.87. The van der Waals surface area contributed by atoms with Crippen molar-refractivity contribution in [2.24, 2.45) is 0 Å². The largest absolute Gasteiger partial charge is 0.367 e. The van der Waals surface area contributed by atoms with Crippen LogP contribution in [0.4, 0.5) is 4.79 Å². The summed E-state index contributed by atoms with van der Waals surface area (Å²) in [5, 5.41) is 8.59. The number of halogens is 1. The number of rotatable bonds is 0.